The fourth-order valence-electron chi connectivity index (χ4n) is 9.50. The topological polar surface area (TPSA) is 26.3 Å². The van der Waals surface area contributed by atoms with Gasteiger partial charge in [0.1, 0.15) is 22.3 Å². The minimum Gasteiger partial charge on any atom is -0.456 e. The zero-order valence-electron chi connectivity index (χ0n) is 29.3. The lowest BCUT2D eigenvalue weighted by molar-refractivity contribution is 0.661. The van der Waals surface area contributed by atoms with Crippen LogP contribution in [0.3, 0.4) is 0 Å². The molecule has 0 saturated carbocycles. The van der Waals surface area contributed by atoms with Crippen LogP contribution in [-0.4, -0.2) is 0 Å². The molecule has 0 unspecified atom stereocenters. The number of hydrogen-bond acceptors (Lipinski definition) is 2. The molecule has 0 aliphatic heterocycles. The number of benzene rings is 9. The van der Waals surface area contributed by atoms with Crippen molar-refractivity contribution >= 4 is 76.2 Å². The predicted molar refractivity (Wildman–Crippen MR) is 222 cm³/mol. The highest BCUT2D eigenvalue weighted by Crippen LogP contribution is 2.53. The molecular weight excluding hydrogens is 645 g/mol. The summed E-state index contributed by atoms with van der Waals surface area (Å²) in [5.74, 6) is 0. The molecule has 0 N–H and O–H groups in total. The van der Waals surface area contributed by atoms with Gasteiger partial charge in [0.05, 0.1) is 0 Å². The zero-order chi connectivity index (χ0) is 35.0. The Morgan fingerprint density at radius 2 is 0.811 bits per heavy atom. The second-order valence-electron chi connectivity index (χ2n) is 15.2. The van der Waals surface area contributed by atoms with Crippen molar-refractivity contribution in [3.8, 4) is 33.4 Å². The van der Waals surface area contributed by atoms with Crippen molar-refractivity contribution in [2.24, 2.45) is 0 Å². The molecule has 11 aromatic rings. The van der Waals surface area contributed by atoms with Gasteiger partial charge in [-0.1, -0.05) is 117 Å². The maximum Gasteiger partial charge on any atom is 0.136 e. The van der Waals surface area contributed by atoms with Gasteiger partial charge in [-0.3, -0.25) is 0 Å². The first-order valence-corrected chi connectivity index (χ1v) is 18.4. The normalized spacial score (nSPS) is 13.6. The highest BCUT2D eigenvalue weighted by Gasteiger charge is 2.36. The van der Waals surface area contributed by atoms with Crippen LogP contribution in [0.4, 0.5) is 0 Å². The van der Waals surface area contributed by atoms with Gasteiger partial charge in [-0.05, 0) is 131 Å². The smallest absolute Gasteiger partial charge is 0.136 e. The predicted octanol–water partition coefficient (Wildman–Crippen LogP) is 14.6. The van der Waals surface area contributed by atoms with Crippen molar-refractivity contribution < 1.29 is 8.83 Å². The van der Waals surface area contributed by atoms with Gasteiger partial charge in [-0.25, -0.2) is 0 Å². The molecular formula is C51H32O2. The molecule has 0 radical (unpaired) electrons. The van der Waals surface area contributed by atoms with Gasteiger partial charge >= 0.3 is 0 Å². The quantitative estimate of drug-likeness (QED) is 0.170. The third-order valence-electron chi connectivity index (χ3n) is 12.0. The molecule has 2 heterocycles. The maximum atomic E-state index is 6.38. The molecule has 12 rings (SSSR count). The second-order valence-corrected chi connectivity index (χ2v) is 15.2. The van der Waals surface area contributed by atoms with Crippen molar-refractivity contribution in [3.63, 3.8) is 0 Å². The van der Waals surface area contributed by atoms with Gasteiger partial charge in [-0.2, -0.15) is 0 Å². The molecule has 0 atom stereocenters. The second kappa shape index (κ2) is 10.2. The van der Waals surface area contributed by atoms with E-state index in [2.05, 4.69) is 153 Å². The number of rotatable bonds is 2. The van der Waals surface area contributed by atoms with E-state index in [1.165, 1.54) is 71.3 Å². The standard InChI is InChI=1S/C51H32O2/c1-51(2)43-22-20-29(23-40(43)41-24-31-25-42-34-12-8-10-18-46(34)53-48(42)28-32(31)26-44(41)51)49-36-13-3-5-15-38(36)50(39-16-6-4-14-37(39)49)30-19-21-35-33-11-7-9-17-45(33)52-47(35)27-30/h3-28H,1-2H3. The summed E-state index contributed by atoms with van der Waals surface area (Å²) < 4.78 is 12.7. The molecule has 248 valence electrons. The lowest BCUT2D eigenvalue weighted by Gasteiger charge is -2.22. The van der Waals surface area contributed by atoms with Crippen LogP contribution in [0, 0.1) is 0 Å². The van der Waals surface area contributed by atoms with Crippen molar-refractivity contribution in [2.45, 2.75) is 19.3 Å². The fourth-order valence-corrected chi connectivity index (χ4v) is 9.50. The van der Waals surface area contributed by atoms with E-state index in [1.807, 2.05) is 18.2 Å². The summed E-state index contributed by atoms with van der Waals surface area (Å²) in [6.45, 7) is 4.72. The molecule has 0 spiro atoms. The van der Waals surface area contributed by atoms with E-state index < -0.39 is 0 Å². The summed E-state index contributed by atoms with van der Waals surface area (Å²) in [4.78, 5) is 0. The van der Waals surface area contributed by atoms with E-state index in [-0.39, 0.29) is 5.41 Å². The Kier molecular flexibility index (Phi) is 5.60. The largest absolute Gasteiger partial charge is 0.456 e. The average Bonchev–Trinajstić information content (AvgIpc) is 3.81. The summed E-state index contributed by atoms with van der Waals surface area (Å²) >= 11 is 0. The van der Waals surface area contributed by atoms with Gasteiger partial charge in [0.25, 0.3) is 0 Å². The zero-order valence-corrected chi connectivity index (χ0v) is 29.3. The Hall–Kier alpha value is -6.64. The van der Waals surface area contributed by atoms with Crippen LogP contribution in [0.1, 0.15) is 25.0 Å². The summed E-state index contributed by atoms with van der Waals surface area (Å²) in [6.07, 6.45) is 0. The van der Waals surface area contributed by atoms with Gasteiger partial charge < -0.3 is 8.83 Å². The summed E-state index contributed by atoms with van der Waals surface area (Å²) in [7, 11) is 0. The number of para-hydroxylation sites is 2. The molecule has 0 fully saturated rings. The molecule has 0 bridgehead atoms. The van der Waals surface area contributed by atoms with E-state index in [0.717, 1.165) is 49.4 Å². The van der Waals surface area contributed by atoms with Gasteiger partial charge in [0, 0.05) is 27.0 Å². The van der Waals surface area contributed by atoms with Gasteiger partial charge in [0.15, 0.2) is 0 Å². The van der Waals surface area contributed by atoms with Crippen molar-refractivity contribution in [3.05, 3.63) is 169 Å². The lowest BCUT2D eigenvalue weighted by Crippen LogP contribution is -2.14. The maximum absolute atomic E-state index is 6.38. The Morgan fingerprint density at radius 1 is 0.340 bits per heavy atom. The first kappa shape index (κ1) is 29.0. The monoisotopic (exact) mass is 676 g/mol. The van der Waals surface area contributed by atoms with Gasteiger partial charge in [0.2, 0.25) is 0 Å². The van der Waals surface area contributed by atoms with Crippen LogP contribution in [0.15, 0.2) is 167 Å². The van der Waals surface area contributed by atoms with Crippen LogP contribution < -0.4 is 0 Å². The number of furan rings is 2. The molecule has 0 amide bonds. The first-order chi connectivity index (χ1) is 26.0. The van der Waals surface area contributed by atoms with Crippen LogP contribution in [0.2, 0.25) is 0 Å². The van der Waals surface area contributed by atoms with Crippen LogP contribution in [0.25, 0.3) is 110 Å². The lowest BCUT2D eigenvalue weighted by atomic mass is 9.81. The van der Waals surface area contributed by atoms with Crippen molar-refractivity contribution in [2.75, 3.05) is 0 Å². The van der Waals surface area contributed by atoms with Crippen LogP contribution in [-0.2, 0) is 5.41 Å². The molecule has 0 saturated heterocycles. The summed E-state index contributed by atoms with van der Waals surface area (Å²) in [5.41, 5.74) is 13.8. The fraction of sp³-hybridized carbons (Fsp3) is 0.0588. The molecule has 2 heteroatoms. The third-order valence-corrected chi connectivity index (χ3v) is 12.0. The molecule has 9 aromatic carbocycles. The van der Waals surface area contributed by atoms with Crippen molar-refractivity contribution in [1.29, 1.82) is 0 Å². The van der Waals surface area contributed by atoms with Crippen LogP contribution >= 0.6 is 0 Å². The summed E-state index contributed by atoms with van der Waals surface area (Å²) in [6, 6.07) is 57.7. The molecule has 2 nitrogen and oxygen atoms in total. The molecule has 2 aromatic heterocycles. The van der Waals surface area contributed by atoms with E-state index in [4.69, 9.17) is 8.83 Å². The summed E-state index contributed by atoms with van der Waals surface area (Å²) in [5, 5.41) is 12.0. The van der Waals surface area contributed by atoms with Crippen molar-refractivity contribution in [1.82, 2.24) is 0 Å². The molecule has 53 heavy (non-hydrogen) atoms. The van der Waals surface area contributed by atoms with Crippen LogP contribution in [0.5, 0.6) is 0 Å². The number of fused-ring (bicyclic) bond motifs is 12. The molecule has 1 aliphatic rings. The third kappa shape index (κ3) is 3.93. The number of hydrogen-bond donors (Lipinski definition) is 0. The first-order valence-electron chi connectivity index (χ1n) is 18.4. The van der Waals surface area contributed by atoms with E-state index >= 15 is 0 Å². The van der Waals surface area contributed by atoms with E-state index in [9.17, 15) is 0 Å². The average molecular weight is 677 g/mol. The Labute approximate surface area is 305 Å². The van der Waals surface area contributed by atoms with E-state index in [1.54, 1.807) is 0 Å². The van der Waals surface area contributed by atoms with E-state index in [0.29, 0.717) is 0 Å². The highest BCUT2D eigenvalue weighted by molar-refractivity contribution is 6.22. The minimum absolute atomic E-state index is 0.135. The Balaban J connectivity index is 1.09. The van der Waals surface area contributed by atoms with Gasteiger partial charge in [-0.15, -0.1) is 0 Å². The Bertz CT molecular complexity index is 3310. The molecule has 1 aliphatic carbocycles. The highest BCUT2D eigenvalue weighted by atomic mass is 16.3. The minimum atomic E-state index is -0.135. The SMILES string of the molecule is CC1(C)c2ccc(-c3c4ccccc4c(-c4ccc5c(c4)oc4ccccc45)c4ccccc34)cc2-c2cc3cc4c(cc3cc21)oc1ccccc14. The Morgan fingerprint density at radius 3 is 1.45 bits per heavy atom.